The van der Waals surface area contributed by atoms with E-state index in [1.54, 1.807) is 0 Å². The monoisotopic (exact) mass is 185 g/mol. The van der Waals surface area contributed by atoms with Crippen molar-refractivity contribution in [1.82, 2.24) is 9.91 Å². The fraction of sp³-hybridized carbons (Fsp3) is 0.800. The van der Waals surface area contributed by atoms with Crippen LogP contribution in [0.4, 0.5) is 0 Å². The molecule has 0 amide bonds. The predicted octanol–water partition coefficient (Wildman–Crippen LogP) is -0.238. The topological polar surface area (TPSA) is 18.8 Å². The van der Waals surface area contributed by atoms with Gasteiger partial charge in [0.2, 0.25) is 0 Å². The number of hydrogen-bond acceptors (Lipinski definition) is 3. The summed E-state index contributed by atoms with van der Waals surface area (Å²) >= 11 is 4.14. The molecular weight excluding hydrogens is 173 g/mol. The van der Waals surface area contributed by atoms with E-state index in [9.17, 15) is 0 Å². The average molecular weight is 185 g/mol. The van der Waals surface area contributed by atoms with Crippen LogP contribution in [0.15, 0.2) is 5.10 Å². The molecule has 1 atom stereocenters. The number of hydrazone groups is 1. The fourth-order valence-corrected chi connectivity index (χ4v) is 1.02. The zero-order chi connectivity index (χ0) is 7.02. The Hall–Kier alpha value is 1.26. The number of nitrogens with zero attached hydrogens (tertiary/aromatic N) is 3. The first-order chi connectivity index (χ1) is 4.13. The Kier molecular flexibility index (Phi) is 4.87. The molecule has 1 aliphatic rings. The molecule has 3 nitrogen and oxygen atoms in total. The number of rotatable bonds is 0. The van der Waals surface area contributed by atoms with Gasteiger partial charge in [-0.25, -0.2) is 0 Å². The molecule has 0 spiro atoms. The average Bonchev–Trinajstić information content (AvgIpc) is 1.98. The van der Waals surface area contributed by atoms with Gasteiger partial charge in [-0.05, 0) is 6.92 Å². The predicted molar refractivity (Wildman–Crippen MR) is 48.6 cm³/mol. The molecule has 0 aliphatic carbocycles. The molecule has 0 aromatic heterocycles. The molecule has 0 saturated carbocycles. The van der Waals surface area contributed by atoms with Gasteiger partial charge in [0.25, 0.3) is 0 Å². The molecule has 0 aromatic rings. The first-order valence-electron chi connectivity index (χ1n) is 2.86. The van der Waals surface area contributed by atoms with Gasteiger partial charge in [-0.2, -0.15) is 5.10 Å². The second kappa shape index (κ2) is 4.32. The zero-order valence-electron chi connectivity index (χ0n) is 5.87. The van der Waals surface area contributed by atoms with Crippen LogP contribution in [0.1, 0.15) is 6.92 Å². The molecule has 10 heavy (non-hydrogen) atoms. The fourth-order valence-electron chi connectivity index (χ4n) is 0.713. The van der Waals surface area contributed by atoms with Crippen molar-refractivity contribution in [3.05, 3.63) is 0 Å². The third kappa shape index (κ3) is 2.12. The molecule has 54 valence electrons. The number of hydrogen-bond donors (Lipinski definition) is 1. The molecule has 0 N–H and O–H groups in total. The van der Waals surface area contributed by atoms with Crippen LogP contribution in [0.5, 0.6) is 0 Å². The van der Waals surface area contributed by atoms with E-state index < -0.39 is 0 Å². The Morgan fingerprint density at radius 2 is 2.00 bits per heavy atom. The van der Waals surface area contributed by atoms with E-state index in [1.165, 1.54) is 0 Å². The zero-order valence-corrected chi connectivity index (χ0v) is 6.76. The van der Waals surface area contributed by atoms with E-state index in [4.69, 9.17) is 0 Å². The van der Waals surface area contributed by atoms with E-state index in [0.717, 1.165) is 5.17 Å². The van der Waals surface area contributed by atoms with Crippen LogP contribution in [-0.4, -0.2) is 86.7 Å². The SMILES string of the molecule is CC1N(C)N=C(S)N1C.[KH]. The van der Waals surface area contributed by atoms with Gasteiger partial charge < -0.3 is 4.90 Å². The van der Waals surface area contributed by atoms with Gasteiger partial charge in [-0.15, -0.1) is 12.6 Å². The Labute approximate surface area is 110 Å². The van der Waals surface area contributed by atoms with E-state index in [-0.39, 0.29) is 51.4 Å². The van der Waals surface area contributed by atoms with Crippen molar-refractivity contribution in [2.24, 2.45) is 5.10 Å². The minimum absolute atomic E-state index is 0. The summed E-state index contributed by atoms with van der Waals surface area (Å²) in [5.41, 5.74) is 0. The van der Waals surface area contributed by atoms with Gasteiger partial charge >= 0.3 is 51.4 Å². The summed E-state index contributed by atoms with van der Waals surface area (Å²) in [7, 11) is 3.91. The van der Waals surface area contributed by atoms with Crippen molar-refractivity contribution in [1.29, 1.82) is 0 Å². The maximum atomic E-state index is 4.14. The molecule has 0 aromatic carbocycles. The molecular formula is C5H12KN3S. The first kappa shape index (κ1) is 11.3. The van der Waals surface area contributed by atoms with Gasteiger partial charge in [-0.3, -0.25) is 5.01 Å². The van der Waals surface area contributed by atoms with Gasteiger partial charge in [0.15, 0.2) is 5.17 Å². The second-order valence-corrected chi connectivity index (χ2v) is 2.62. The van der Waals surface area contributed by atoms with Crippen LogP contribution in [0.25, 0.3) is 0 Å². The van der Waals surface area contributed by atoms with Crippen molar-refractivity contribution < 1.29 is 0 Å². The van der Waals surface area contributed by atoms with Gasteiger partial charge in [0, 0.05) is 14.1 Å². The molecule has 1 rings (SSSR count). The Bertz CT molecular complexity index is 150. The molecule has 0 radical (unpaired) electrons. The van der Waals surface area contributed by atoms with Gasteiger partial charge in [-0.1, -0.05) is 0 Å². The van der Waals surface area contributed by atoms with E-state index >= 15 is 0 Å². The molecule has 1 unspecified atom stereocenters. The van der Waals surface area contributed by atoms with Crippen LogP contribution in [0.2, 0.25) is 0 Å². The summed E-state index contributed by atoms with van der Waals surface area (Å²) in [5, 5.41) is 6.75. The Morgan fingerprint density at radius 1 is 1.50 bits per heavy atom. The molecule has 0 saturated heterocycles. The van der Waals surface area contributed by atoms with Crippen LogP contribution < -0.4 is 0 Å². The third-order valence-electron chi connectivity index (χ3n) is 1.66. The van der Waals surface area contributed by atoms with Crippen LogP contribution >= 0.6 is 12.6 Å². The molecule has 1 heterocycles. The van der Waals surface area contributed by atoms with Crippen LogP contribution in [0.3, 0.4) is 0 Å². The van der Waals surface area contributed by atoms with Crippen molar-refractivity contribution >= 4 is 69.2 Å². The van der Waals surface area contributed by atoms with Crippen molar-refractivity contribution in [2.45, 2.75) is 13.1 Å². The van der Waals surface area contributed by atoms with Crippen LogP contribution in [0, 0.1) is 0 Å². The van der Waals surface area contributed by atoms with E-state index in [0.29, 0.717) is 6.17 Å². The van der Waals surface area contributed by atoms with E-state index in [2.05, 4.69) is 24.7 Å². The number of thiol groups is 1. The van der Waals surface area contributed by atoms with E-state index in [1.807, 2.05) is 24.0 Å². The summed E-state index contributed by atoms with van der Waals surface area (Å²) in [6, 6.07) is 0. The third-order valence-corrected chi connectivity index (χ3v) is 2.07. The van der Waals surface area contributed by atoms with Crippen molar-refractivity contribution in [2.75, 3.05) is 14.1 Å². The molecule has 1 aliphatic heterocycles. The summed E-state index contributed by atoms with van der Waals surface area (Å²) in [6.45, 7) is 2.08. The van der Waals surface area contributed by atoms with Gasteiger partial charge in [0.1, 0.15) is 6.17 Å². The Balaban J connectivity index is 0.000000810. The number of amidine groups is 1. The van der Waals surface area contributed by atoms with Crippen LogP contribution in [-0.2, 0) is 0 Å². The quantitative estimate of drug-likeness (QED) is 0.415. The molecule has 0 fully saturated rings. The minimum atomic E-state index is 0. The molecule has 5 heteroatoms. The van der Waals surface area contributed by atoms with Crippen molar-refractivity contribution in [3.8, 4) is 0 Å². The first-order valence-corrected chi connectivity index (χ1v) is 3.31. The maximum absolute atomic E-state index is 4.14. The van der Waals surface area contributed by atoms with Gasteiger partial charge in [0.05, 0.1) is 0 Å². The Morgan fingerprint density at radius 3 is 2.10 bits per heavy atom. The summed E-state index contributed by atoms with van der Waals surface area (Å²) in [6.07, 6.45) is 0.345. The molecule has 0 bridgehead atoms. The van der Waals surface area contributed by atoms with Crippen molar-refractivity contribution in [3.63, 3.8) is 0 Å². The normalized spacial score (nSPS) is 24.4. The summed E-state index contributed by atoms with van der Waals surface area (Å²) in [5.74, 6) is 0. The second-order valence-electron chi connectivity index (χ2n) is 2.22. The standard InChI is InChI=1S/C5H11N3S.K.H/c1-4-7(2)5(9)6-8(4)3;;/h4H,1-3H3,(H,6,9);;. The summed E-state index contributed by atoms with van der Waals surface area (Å²) in [4.78, 5) is 2.00. The summed E-state index contributed by atoms with van der Waals surface area (Å²) < 4.78 is 0.